The van der Waals surface area contributed by atoms with E-state index in [-0.39, 0.29) is 0 Å². The van der Waals surface area contributed by atoms with Gasteiger partial charge in [0.2, 0.25) is 0 Å². The molecule has 0 radical (unpaired) electrons. The number of piperidine rings is 1. The van der Waals surface area contributed by atoms with E-state index in [1.54, 1.807) is 0 Å². The van der Waals surface area contributed by atoms with Crippen LogP contribution in [0.15, 0.2) is 30.5 Å². The first-order valence-electron chi connectivity index (χ1n) is 9.06. The molecule has 1 aliphatic heterocycles. The van der Waals surface area contributed by atoms with E-state index in [1.807, 2.05) is 6.20 Å². The topological polar surface area (TPSA) is 21.1 Å². The fourth-order valence-electron chi connectivity index (χ4n) is 3.83. The van der Waals surface area contributed by atoms with Gasteiger partial charge in [-0.3, -0.25) is 4.90 Å². The van der Waals surface area contributed by atoms with Crippen LogP contribution in [0.5, 0.6) is 0 Å². The van der Waals surface area contributed by atoms with Crippen molar-refractivity contribution in [1.29, 1.82) is 0 Å². The molecule has 1 fully saturated rings. The normalized spacial score (nSPS) is 19.2. The van der Waals surface area contributed by atoms with Gasteiger partial charge in [-0.25, -0.2) is 4.98 Å². The maximum absolute atomic E-state index is 4.77. The molecule has 3 nitrogen and oxygen atoms in total. The zero-order valence-corrected chi connectivity index (χ0v) is 14.8. The van der Waals surface area contributed by atoms with E-state index >= 15 is 0 Å². The lowest BCUT2D eigenvalue weighted by Crippen LogP contribution is -2.35. The van der Waals surface area contributed by atoms with Crippen molar-refractivity contribution in [2.45, 2.75) is 58.9 Å². The average molecular weight is 311 g/mol. The highest BCUT2D eigenvalue weighted by molar-refractivity contribution is 5.40. The maximum atomic E-state index is 4.77. The summed E-state index contributed by atoms with van der Waals surface area (Å²) in [5, 5.41) is 0. The number of nitrogens with zero attached hydrogens (tertiary/aromatic N) is 3. The fourth-order valence-corrected chi connectivity index (χ4v) is 3.83. The van der Waals surface area contributed by atoms with Crippen molar-refractivity contribution in [3.63, 3.8) is 0 Å². The van der Waals surface area contributed by atoms with Gasteiger partial charge in [-0.1, -0.05) is 25.8 Å². The standard InChI is InChI=1S/C20H29N3/c1-4-5-14-22-15-7-6-10-19(22)18-9-8-13-21-20(18)23-16(2)11-12-17(23)3/h8-9,11-13,19H,4-7,10,14-15H2,1-3H3. The molecule has 3 heteroatoms. The Morgan fingerprint density at radius 3 is 2.65 bits per heavy atom. The van der Waals surface area contributed by atoms with Gasteiger partial charge >= 0.3 is 0 Å². The number of hydrogen-bond donors (Lipinski definition) is 0. The van der Waals surface area contributed by atoms with Gasteiger partial charge in [0.1, 0.15) is 5.82 Å². The maximum Gasteiger partial charge on any atom is 0.141 e. The minimum atomic E-state index is 0.514. The Labute approximate surface area is 140 Å². The van der Waals surface area contributed by atoms with Crippen LogP contribution < -0.4 is 0 Å². The van der Waals surface area contributed by atoms with Crippen molar-refractivity contribution in [2.75, 3.05) is 13.1 Å². The second kappa shape index (κ2) is 7.31. The van der Waals surface area contributed by atoms with Crippen LogP contribution in [0.25, 0.3) is 5.82 Å². The van der Waals surface area contributed by atoms with Gasteiger partial charge in [0.05, 0.1) is 0 Å². The van der Waals surface area contributed by atoms with Crippen LogP contribution in [0.2, 0.25) is 0 Å². The monoisotopic (exact) mass is 311 g/mol. The molecular weight excluding hydrogens is 282 g/mol. The number of aromatic nitrogens is 2. The lowest BCUT2D eigenvalue weighted by molar-refractivity contribution is 0.146. The molecule has 1 unspecified atom stereocenters. The van der Waals surface area contributed by atoms with E-state index in [4.69, 9.17) is 4.98 Å². The average Bonchev–Trinajstić information content (AvgIpc) is 2.92. The molecule has 0 spiro atoms. The number of unbranched alkanes of at least 4 members (excludes halogenated alkanes) is 1. The minimum Gasteiger partial charge on any atom is -0.303 e. The molecule has 0 aliphatic carbocycles. The first-order valence-corrected chi connectivity index (χ1v) is 9.06. The molecule has 0 amide bonds. The zero-order valence-electron chi connectivity index (χ0n) is 14.8. The van der Waals surface area contributed by atoms with Gasteiger partial charge in [0, 0.05) is 29.2 Å². The predicted octanol–water partition coefficient (Wildman–Crippen LogP) is 4.82. The van der Waals surface area contributed by atoms with E-state index in [9.17, 15) is 0 Å². The number of hydrogen-bond acceptors (Lipinski definition) is 2. The third-order valence-electron chi connectivity index (χ3n) is 5.07. The van der Waals surface area contributed by atoms with Gasteiger partial charge in [-0.2, -0.15) is 0 Å². The number of pyridine rings is 1. The zero-order chi connectivity index (χ0) is 16.2. The Hall–Kier alpha value is -1.61. The van der Waals surface area contributed by atoms with Crippen LogP contribution in [0.3, 0.4) is 0 Å². The molecule has 3 rings (SSSR count). The smallest absolute Gasteiger partial charge is 0.141 e. The molecule has 0 saturated carbocycles. The third-order valence-corrected chi connectivity index (χ3v) is 5.07. The lowest BCUT2D eigenvalue weighted by atomic mass is 9.95. The van der Waals surface area contributed by atoms with Crippen LogP contribution >= 0.6 is 0 Å². The molecule has 1 aliphatic rings. The van der Waals surface area contributed by atoms with Crippen LogP contribution in [0, 0.1) is 13.8 Å². The summed E-state index contributed by atoms with van der Waals surface area (Å²) in [6.07, 6.45) is 8.38. The van der Waals surface area contributed by atoms with Crippen molar-refractivity contribution in [2.24, 2.45) is 0 Å². The summed E-state index contributed by atoms with van der Waals surface area (Å²) in [5.74, 6) is 1.13. The SMILES string of the molecule is CCCCN1CCCCC1c1cccnc1-n1c(C)ccc1C. The van der Waals surface area contributed by atoms with Crippen molar-refractivity contribution in [3.8, 4) is 5.82 Å². The Bertz CT molecular complexity index is 625. The molecule has 1 atom stereocenters. The molecule has 0 bridgehead atoms. The van der Waals surface area contributed by atoms with Gasteiger partial charge in [-0.15, -0.1) is 0 Å². The number of aryl methyl sites for hydroxylation is 2. The molecule has 1 saturated heterocycles. The third kappa shape index (κ3) is 3.35. The highest BCUT2D eigenvalue weighted by Gasteiger charge is 2.26. The van der Waals surface area contributed by atoms with Crippen molar-refractivity contribution >= 4 is 0 Å². The van der Waals surface area contributed by atoms with Gasteiger partial charge < -0.3 is 4.57 Å². The Balaban J connectivity index is 1.99. The highest BCUT2D eigenvalue weighted by Crippen LogP contribution is 2.34. The van der Waals surface area contributed by atoms with Crippen molar-refractivity contribution in [1.82, 2.24) is 14.5 Å². The van der Waals surface area contributed by atoms with Crippen LogP contribution in [-0.4, -0.2) is 27.5 Å². The van der Waals surface area contributed by atoms with Gasteiger partial charge in [0.25, 0.3) is 0 Å². The molecule has 2 aromatic heterocycles. The summed E-state index contributed by atoms with van der Waals surface area (Å²) in [6, 6.07) is 9.27. The van der Waals surface area contributed by atoms with Crippen LogP contribution in [0.4, 0.5) is 0 Å². The summed E-state index contributed by atoms with van der Waals surface area (Å²) >= 11 is 0. The molecule has 0 aromatic carbocycles. The predicted molar refractivity (Wildman–Crippen MR) is 96.1 cm³/mol. The number of rotatable bonds is 5. The molecular formula is C20H29N3. The Morgan fingerprint density at radius 1 is 1.13 bits per heavy atom. The quantitative estimate of drug-likeness (QED) is 0.789. The first-order chi connectivity index (χ1) is 11.2. The lowest BCUT2D eigenvalue weighted by Gasteiger charge is -2.36. The summed E-state index contributed by atoms with van der Waals surface area (Å²) in [7, 11) is 0. The van der Waals surface area contributed by atoms with E-state index in [0.717, 1.165) is 5.82 Å². The molecule has 124 valence electrons. The van der Waals surface area contributed by atoms with Gasteiger partial charge in [0.15, 0.2) is 0 Å². The summed E-state index contributed by atoms with van der Waals surface area (Å²) in [4.78, 5) is 7.45. The summed E-state index contributed by atoms with van der Waals surface area (Å²) < 4.78 is 2.31. The van der Waals surface area contributed by atoms with Crippen LogP contribution in [-0.2, 0) is 0 Å². The molecule has 0 N–H and O–H groups in total. The largest absolute Gasteiger partial charge is 0.303 e. The van der Waals surface area contributed by atoms with E-state index in [2.05, 4.69) is 54.5 Å². The molecule has 3 heterocycles. The number of likely N-dealkylation sites (tertiary alicyclic amines) is 1. The second-order valence-corrected chi connectivity index (χ2v) is 6.77. The van der Waals surface area contributed by atoms with Crippen LogP contribution in [0.1, 0.15) is 62.0 Å². The Morgan fingerprint density at radius 2 is 1.91 bits per heavy atom. The van der Waals surface area contributed by atoms with E-state index in [1.165, 1.54) is 62.1 Å². The summed E-state index contributed by atoms with van der Waals surface area (Å²) in [6.45, 7) is 9.05. The first kappa shape index (κ1) is 16.3. The van der Waals surface area contributed by atoms with Crippen molar-refractivity contribution < 1.29 is 0 Å². The van der Waals surface area contributed by atoms with E-state index in [0.29, 0.717) is 6.04 Å². The minimum absolute atomic E-state index is 0.514. The van der Waals surface area contributed by atoms with Gasteiger partial charge in [-0.05, 0) is 64.4 Å². The Kier molecular flexibility index (Phi) is 5.16. The molecule has 23 heavy (non-hydrogen) atoms. The summed E-state index contributed by atoms with van der Waals surface area (Å²) in [5.41, 5.74) is 3.92. The fraction of sp³-hybridized carbons (Fsp3) is 0.550. The molecule has 2 aromatic rings. The van der Waals surface area contributed by atoms with Crippen molar-refractivity contribution in [3.05, 3.63) is 47.4 Å². The second-order valence-electron chi connectivity index (χ2n) is 6.77. The highest BCUT2D eigenvalue weighted by atomic mass is 15.2. The van der Waals surface area contributed by atoms with E-state index < -0.39 is 0 Å².